The van der Waals surface area contributed by atoms with Crippen molar-refractivity contribution in [2.24, 2.45) is 0 Å². The van der Waals surface area contributed by atoms with Gasteiger partial charge in [0.2, 0.25) is 0 Å². The zero-order chi connectivity index (χ0) is 12.6. The van der Waals surface area contributed by atoms with Crippen molar-refractivity contribution in [3.63, 3.8) is 0 Å². The van der Waals surface area contributed by atoms with Crippen molar-refractivity contribution in [3.8, 4) is 0 Å². The molecule has 16 heavy (non-hydrogen) atoms. The van der Waals surface area contributed by atoms with E-state index >= 15 is 0 Å². The molecule has 6 heteroatoms. The normalized spacial score (nSPS) is 12.9. The molecule has 0 heterocycles. The molecule has 0 bridgehead atoms. The van der Waals surface area contributed by atoms with Gasteiger partial charge in [-0.15, -0.1) is 0 Å². The van der Waals surface area contributed by atoms with Crippen molar-refractivity contribution in [1.82, 2.24) is 0 Å². The van der Waals surface area contributed by atoms with Crippen molar-refractivity contribution in [2.45, 2.75) is 25.6 Å². The van der Waals surface area contributed by atoms with E-state index in [-0.39, 0.29) is 11.1 Å². The molecule has 1 rings (SSSR count). The number of hydrogen-bond donors (Lipinski definition) is 1. The van der Waals surface area contributed by atoms with Gasteiger partial charge in [0, 0.05) is 5.56 Å². The van der Waals surface area contributed by atoms with Crippen LogP contribution in [0.4, 0.5) is 22.0 Å². The van der Waals surface area contributed by atoms with Gasteiger partial charge in [-0.3, -0.25) is 0 Å². The minimum atomic E-state index is -5.63. The number of aliphatic hydroxyl groups is 1. The molecule has 0 saturated heterocycles. The number of hydrogen-bond acceptors (Lipinski definition) is 1. The Morgan fingerprint density at radius 2 is 1.62 bits per heavy atom. The SMILES string of the molecule is Cc1cc(CO)cc(C(F)(F)C(F)(F)F)c1. The van der Waals surface area contributed by atoms with E-state index in [9.17, 15) is 22.0 Å². The molecule has 1 nitrogen and oxygen atoms in total. The third-order valence-corrected chi connectivity index (χ3v) is 2.04. The summed E-state index contributed by atoms with van der Waals surface area (Å²) in [6.45, 7) is 0.803. The monoisotopic (exact) mass is 240 g/mol. The van der Waals surface area contributed by atoms with Crippen LogP contribution in [0.25, 0.3) is 0 Å². The van der Waals surface area contributed by atoms with Gasteiger partial charge >= 0.3 is 12.1 Å². The van der Waals surface area contributed by atoms with Gasteiger partial charge in [-0.05, 0) is 24.6 Å². The van der Waals surface area contributed by atoms with Gasteiger partial charge in [-0.1, -0.05) is 11.6 Å². The van der Waals surface area contributed by atoms with Crippen molar-refractivity contribution in [2.75, 3.05) is 0 Å². The first-order valence-corrected chi connectivity index (χ1v) is 4.35. The highest BCUT2D eigenvalue weighted by Crippen LogP contribution is 2.44. The zero-order valence-electron chi connectivity index (χ0n) is 8.28. The fraction of sp³-hybridized carbons (Fsp3) is 0.400. The maximum Gasteiger partial charge on any atom is 0.458 e. The van der Waals surface area contributed by atoms with Gasteiger partial charge in [0.05, 0.1) is 6.61 Å². The van der Waals surface area contributed by atoms with Crippen molar-refractivity contribution in [3.05, 3.63) is 34.9 Å². The smallest absolute Gasteiger partial charge is 0.392 e. The largest absolute Gasteiger partial charge is 0.458 e. The highest BCUT2D eigenvalue weighted by molar-refractivity contribution is 5.32. The van der Waals surface area contributed by atoms with E-state index in [1.165, 1.54) is 13.0 Å². The van der Waals surface area contributed by atoms with Crippen LogP contribution in [0.15, 0.2) is 18.2 Å². The lowest BCUT2D eigenvalue weighted by atomic mass is 10.0. The second-order valence-corrected chi connectivity index (χ2v) is 3.44. The third kappa shape index (κ3) is 2.32. The van der Waals surface area contributed by atoms with E-state index in [4.69, 9.17) is 5.11 Å². The summed E-state index contributed by atoms with van der Waals surface area (Å²) in [4.78, 5) is 0. The van der Waals surface area contributed by atoms with E-state index in [2.05, 4.69) is 0 Å². The molecule has 0 unspecified atom stereocenters. The van der Waals surface area contributed by atoms with Crippen LogP contribution in [0.3, 0.4) is 0 Å². The number of halogens is 5. The molecule has 0 amide bonds. The second kappa shape index (κ2) is 4.01. The molecule has 0 aromatic heterocycles. The van der Waals surface area contributed by atoms with Crippen molar-refractivity contribution >= 4 is 0 Å². The molecule has 0 fully saturated rings. The molecule has 1 aromatic carbocycles. The Balaban J connectivity index is 3.27. The van der Waals surface area contributed by atoms with Crippen LogP contribution in [0, 0.1) is 6.92 Å². The van der Waals surface area contributed by atoms with Crippen LogP contribution >= 0.6 is 0 Å². The molecule has 0 saturated carbocycles. The Labute approximate surface area is 88.5 Å². The molecule has 1 aromatic rings. The zero-order valence-corrected chi connectivity index (χ0v) is 8.28. The first-order valence-electron chi connectivity index (χ1n) is 4.35. The van der Waals surface area contributed by atoms with Crippen molar-refractivity contribution < 1.29 is 27.1 Å². The molecule has 0 aliphatic rings. The summed E-state index contributed by atoms with van der Waals surface area (Å²) in [5, 5.41) is 8.73. The van der Waals surface area contributed by atoms with Crippen LogP contribution in [-0.4, -0.2) is 11.3 Å². The number of aliphatic hydroxyl groups excluding tert-OH is 1. The van der Waals surface area contributed by atoms with Gasteiger partial charge < -0.3 is 5.11 Å². The summed E-state index contributed by atoms with van der Waals surface area (Å²) in [6, 6.07) is 2.75. The molecule has 0 radical (unpaired) electrons. The Morgan fingerprint density at radius 1 is 1.06 bits per heavy atom. The molecule has 0 aliphatic carbocycles. The molecule has 0 spiro atoms. The Kier molecular flexibility index (Phi) is 3.23. The minimum Gasteiger partial charge on any atom is -0.392 e. The van der Waals surface area contributed by atoms with E-state index in [0.29, 0.717) is 6.07 Å². The molecular weight excluding hydrogens is 231 g/mol. The summed E-state index contributed by atoms with van der Waals surface area (Å²) in [5.74, 6) is -4.90. The first-order chi connectivity index (χ1) is 7.18. The summed E-state index contributed by atoms with van der Waals surface area (Å²) in [7, 11) is 0. The van der Waals surface area contributed by atoms with E-state index < -0.39 is 24.3 Å². The maximum absolute atomic E-state index is 13.0. The Morgan fingerprint density at radius 3 is 2.06 bits per heavy atom. The molecule has 0 atom stereocenters. The molecule has 0 aliphatic heterocycles. The Hall–Kier alpha value is -1.17. The lowest BCUT2D eigenvalue weighted by Gasteiger charge is -2.20. The van der Waals surface area contributed by atoms with Gasteiger partial charge in [0.1, 0.15) is 0 Å². The molecule has 1 N–H and O–H groups in total. The maximum atomic E-state index is 13.0. The van der Waals surface area contributed by atoms with Gasteiger partial charge in [-0.2, -0.15) is 22.0 Å². The lowest BCUT2D eigenvalue weighted by Crippen LogP contribution is -2.33. The van der Waals surface area contributed by atoms with E-state index in [0.717, 1.165) is 6.07 Å². The number of rotatable bonds is 2. The summed E-state index contributed by atoms with van der Waals surface area (Å²) >= 11 is 0. The van der Waals surface area contributed by atoms with E-state index in [1.807, 2.05) is 0 Å². The van der Waals surface area contributed by atoms with Crippen LogP contribution in [0.5, 0.6) is 0 Å². The number of benzene rings is 1. The van der Waals surface area contributed by atoms with Crippen LogP contribution in [0.2, 0.25) is 0 Å². The fourth-order valence-corrected chi connectivity index (χ4v) is 1.30. The average Bonchev–Trinajstić information content (AvgIpc) is 2.15. The van der Waals surface area contributed by atoms with E-state index in [1.54, 1.807) is 0 Å². The van der Waals surface area contributed by atoms with Crippen LogP contribution in [0.1, 0.15) is 16.7 Å². The first kappa shape index (κ1) is 12.9. The van der Waals surface area contributed by atoms with Crippen LogP contribution < -0.4 is 0 Å². The lowest BCUT2D eigenvalue weighted by molar-refractivity contribution is -0.289. The van der Waals surface area contributed by atoms with Crippen molar-refractivity contribution in [1.29, 1.82) is 0 Å². The highest BCUT2D eigenvalue weighted by Gasteiger charge is 2.58. The standard InChI is InChI=1S/C10H9F5O/c1-6-2-7(5-16)4-8(3-6)9(11,12)10(13,14)15/h2-4,16H,5H2,1H3. The Bertz CT molecular complexity index is 383. The fourth-order valence-electron chi connectivity index (χ4n) is 1.30. The van der Waals surface area contributed by atoms with Gasteiger partial charge in [-0.25, -0.2) is 0 Å². The average molecular weight is 240 g/mol. The summed E-state index contributed by atoms with van der Waals surface area (Å²) in [5.41, 5.74) is -0.881. The predicted octanol–water partition coefficient (Wildman–Crippen LogP) is 3.14. The number of aryl methyl sites for hydroxylation is 1. The third-order valence-electron chi connectivity index (χ3n) is 2.04. The molecule has 90 valence electrons. The highest BCUT2D eigenvalue weighted by atomic mass is 19.4. The van der Waals surface area contributed by atoms with Crippen LogP contribution in [-0.2, 0) is 12.5 Å². The number of alkyl halides is 5. The predicted molar refractivity (Wildman–Crippen MR) is 47.1 cm³/mol. The van der Waals surface area contributed by atoms with Gasteiger partial charge in [0.25, 0.3) is 0 Å². The summed E-state index contributed by atoms with van der Waals surface area (Å²) < 4.78 is 62.1. The summed E-state index contributed by atoms with van der Waals surface area (Å²) in [6.07, 6.45) is -5.63. The quantitative estimate of drug-likeness (QED) is 0.787. The minimum absolute atomic E-state index is 0.0268. The van der Waals surface area contributed by atoms with Gasteiger partial charge in [0.15, 0.2) is 0 Å². The second-order valence-electron chi connectivity index (χ2n) is 3.44. The molecular formula is C10H9F5O. The topological polar surface area (TPSA) is 20.2 Å².